The Bertz CT molecular complexity index is 651. The molecule has 0 radical (unpaired) electrons. The quantitative estimate of drug-likeness (QED) is 0.675. The number of hydrogen-bond acceptors (Lipinski definition) is 2. The van der Waals surface area contributed by atoms with Crippen molar-refractivity contribution < 1.29 is 4.39 Å². The van der Waals surface area contributed by atoms with Crippen LogP contribution in [0.3, 0.4) is 0 Å². The highest BCUT2D eigenvalue weighted by atomic mass is 32.2. The van der Waals surface area contributed by atoms with Crippen molar-refractivity contribution in [2.24, 2.45) is 4.99 Å². The third-order valence-electron chi connectivity index (χ3n) is 2.82. The lowest BCUT2D eigenvalue weighted by Gasteiger charge is -2.10. The summed E-state index contributed by atoms with van der Waals surface area (Å²) in [4.78, 5) is 5.61. The van der Waals surface area contributed by atoms with Crippen molar-refractivity contribution in [3.63, 3.8) is 0 Å². The Morgan fingerprint density at radius 2 is 2.10 bits per heavy atom. The van der Waals surface area contributed by atoms with Crippen molar-refractivity contribution in [3.8, 4) is 0 Å². The number of rotatable bonds is 3. The fourth-order valence-electron chi connectivity index (χ4n) is 1.93. The van der Waals surface area contributed by atoms with Gasteiger partial charge in [-0.2, -0.15) is 0 Å². The van der Waals surface area contributed by atoms with Gasteiger partial charge in [0, 0.05) is 21.7 Å². The van der Waals surface area contributed by atoms with Crippen LogP contribution >= 0.6 is 11.8 Å². The maximum Gasteiger partial charge on any atom is 0.132 e. The predicted octanol–water partition coefficient (Wildman–Crippen LogP) is 5.43. The molecule has 0 fully saturated rings. The van der Waals surface area contributed by atoms with Gasteiger partial charge in [0.05, 0.1) is 5.71 Å². The summed E-state index contributed by atoms with van der Waals surface area (Å²) in [5, 5.41) is 1.97. The van der Waals surface area contributed by atoms with Gasteiger partial charge in [0.1, 0.15) is 5.83 Å². The van der Waals surface area contributed by atoms with Crippen molar-refractivity contribution >= 4 is 17.5 Å². The normalized spacial score (nSPS) is 15.9. The van der Waals surface area contributed by atoms with E-state index in [1.54, 1.807) is 24.8 Å². The number of allylic oxidation sites excluding steroid dienone is 6. The highest BCUT2D eigenvalue weighted by molar-refractivity contribution is 8.02. The first-order valence-corrected chi connectivity index (χ1v) is 7.22. The van der Waals surface area contributed by atoms with Crippen LogP contribution in [-0.4, -0.2) is 5.71 Å². The molecule has 102 valence electrons. The van der Waals surface area contributed by atoms with Crippen LogP contribution in [0, 0.1) is 0 Å². The zero-order valence-electron chi connectivity index (χ0n) is 11.6. The van der Waals surface area contributed by atoms with E-state index >= 15 is 0 Å². The van der Waals surface area contributed by atoms with E-state index in [-0.39, 0.29) is 5.83 Å². The molecule has 1 heterocycles. The zero-order valence-corrected chi connectivity index (χ0v) is 12.4. The molecule has 0 unspecified atom stereocenters. The zero-order chi connectivity index (χ0) is 14.5. The highest BCUT2D eigenvalue weighted by Gasteiger charge is 2.17. The lowest BCUT2D eigenvalue weighted by atomic mass is 10.0. The number of fused-ring (bicyclic) bond motifs is 1. The molecule has 2 rings (SSSR count). The van der Waals surface area contributed by atoms with Crippen molar-refractivity contribution in [1.82, 2.24) is 0 Å². The third-order valence-corrected chi connectivity index (χ3v) is 3.89. The molecular weight excluding hydrogens is 269 g/mol. The van der Waals surface area contributed by atoms with Gasteiger partial charge in [-0.3, -0.25) is 4.99 Å². The van der Waals surface area contributed by atoms with Crippen molar-refractivity contribution in [2.75, 3.05) is 0 Å². The van der Waals surface area contributed by atoms with E-state index in [9.17, 15) is 4.39 Å². The van der Waals surface area contributed by atoms with Crippen LogP contribution in [0.4, 0.5) is 4.39 Å². The van der Waals surface area contributed by atoms with Gasteiger partial charge in [-0.15, -0.1) is 0 Å². The first-order chi connectivity index (χ1) is 9.67. The molecule has 0 amide bonds. The van der Waals surface area contributed by atoms with E-state index in [4.69, 9.17) is 0 Å². The Kier molecular flexibility index (Phi) is 4.74. The Morgan fingerprint density at radius 3 is 2.80 bits per heavy atom. The molecule has 0 N–H and O–H groups in total. The number of halogens is 1. The predicted molar refractivity (Wildman–Crippen MR) is 85.7 cm³/mol. The van der Waals surface area contributed by atoms with Crippen LogP contribution < -0.4 is 0 Å². The van der Waals surface area contributed by atoms with Gasteiger partial charge in [-0.05, 0) is 31.4 Å². The smallest absolute Gasteiger partial charge is 0.132 e. The lowest BCUT2D eigenvalue weighted by Crippen LogP contribution is -2.06. The Balaban J connectivity index is 2.68. The Morgan fingerprint density at radius 1 is 1.35 bits per heavy atom. The standard InChI is InChI=1S/C17H16FNS/c1-4-8-15(18)13(5-2)17-14-9-6-7-10-16(14)20-11-12(3)19-17/h4-11H,2H2,1,3H3/b8-4-,15-13-. The van der Waals surface area contributed by atoms with Crippen molar-refractivity contribution in [1.29, 1.82) is 0 Å². The van der Waals surface area contributed by atoms with Crippen molar-refractivity contribution in [2.45, 2.75) is 18.7 Å². The van der Waals surface area contributed by atoms with Gasteiger partial charge in [0.2, 0.25) is 0 Å². The monoisotopic (exact) mass is 285 g/mol. The molecule has 0 atom stereocenters. The van der Waals surface area contributed by atoms with E-state index in [1.807, 2.05) is 36.6 Å². The van der Waals surface area contributed by atoms with Gasteiger partial charge in [-0.25, -0.2) is 4.39 Å². The molecule has 1 aromatic rings. The molecule has 0 aliphatic carbocycles. The molecule has 0 saturated carbocycles. The average Bonchev–Trinajstić information content (AvgIpc) is 2.61. The second-order valence-corrected chi connectivity index (χ2v) is 5.21. The molecule has 0 bridgehead atoms. The molecule has 0 saturated heterocycles. The summed E-state index contributed by atoms with van der Waals surface area (Å²) in [6.45, 7) is 7.42. The minimum Gasteiger partial charge on any atom is -0.252 e. The lowest BCUT2D eigenvalue weighted by molar-refractivity contribution is 0.663. The number of hydrogen-bond donors (Lipinski definition) is 0. The summed E-state index contributed by atoms with van der Waals surface area (Å²) >= 11 is 1.60. The fourth-order valence-corrected chi connectivity index (χ4v) is 2.72. The van der Waals surface area contributed by atoms with E-state index in [0.717, 1.165) is 16.2 Å². The second-order valence-electron chi connectivity index (χ2n) is 4.30. The number of thioether (sulfide) groups is 1. The van der Waals surface area contributed by atoms with Crippen LogP contribution in [0.5, 0.6) is 0 Å². The van der Waals surface area contributed by atoms with E-state index in [1.165, 1.54) is 12.2 Å². The Labute approximate surface area is 123 Å². The molecule has 3 heteroatoms. The maximum atomic E-state index is 14.2. The minimum absolute atomic E-state index is 0.323. The molecular formula is C17H16FNS. The summed E-state index contributed by atoms with van der Waals surface area (Å²) in [6, 6.07) is 7.88. The molecule has 1 nitrogen and oxygen atoms in total. The molecule has 0 spiro atoms. The van der Waals surface area contributed by atoms with Gasteiger partial charge in [-0.1, -0.05) is 48.7 Å². The number of benzene rings is 1. The SMILES string of the molecule is C=C/C(C1=NC(C)=CSc2ccccc21)=C(F)\C=C/C. The van der Waals surface area contributed by atoms with Crippen LogP contribution in [0.25, 0.3) is 0 Å². The molecule has 1 aromatic carbocycles. The van der Waals surface area contributed by atoms with E-state index < -0.39 is 0 Å². The average molecular weight is 285 g/mol. The first kappa shape index (κ1) is 14.5. The summed E-state index contributed by atoms with van der Waals surface area (Å²) in [6.07, 6.45) is 4.62. The van der Waals surface area contributed by atoms with Crippen LogP contribution in [0.15, 0.2) is 81.5 Å². The number of aliphatic imine (C=N–C) groups is 1. The minimum atomic E-state index is -0.323. The maximum absolute atomic E-state index is 14.2. The Hall–Kier alpha value is -1.87. The highest BCUT2D eigenvalue weighted by Crippen LogP contribution is 2.32. The van der Waals surface area contributed by atoms with Gasteiger partial charge in [0.15, 0.2) is 0 Å². The van der Waals surface area contributed by atoms with Crippen LogP contribution in [0.2, 0.25) is 0 Å². The third kappa shape index (κ3) is 2.99. The van der Waals surface area contributed by atoms with E-state index in [0.29, 0.717) is 11.3 Å². The topological polar surface area (TPSA) is 12.4 Å². The summed E-state index contributed by atoms with van der Waals surface area (Å²) < 4.78 is 14.2. The molecule has 1 aliphatic rings. The first-order valence-electron chi connectivity index (χ1n) is 6.34. The van der Waals surface area contributed by atoms with E-state index in [2.05, 4.69) is 11.6 Å². The fraction of sp³-hybridized carbons (Fsp3) is 0.118. The summed E-state index contributed by atoms with van der Waals surface area (Å²) in [7, 11) is 0. The van der Waals surface area contributed by atoms with Gasteiger partial charge >= 0.3 is 0 Å². The molecule has 20 heavy (non-hydrogen) atoms. The van der Waals surface area contributed by atoms with Gasteiger partial charge in [0.25, 0.3) is 0 Å². The largest absolute Gasteiger partial charge is 0.252 e. The van der Waals surface area contributed by atoms with Crippen molar-refractivity contribution in [3.05, 3.63) is 77.1 Å². The summed E-state index contributed by atoms with van der Waals surface area (Å²) in [5.41, 5.74) is 2.84. The second kappa shape index (κ2) is 6.53. The van der Waals surface area contributed by atoms with Gasteiger partial charge < -0.3 is 0 Å². The number of nitrogens with zero attached hydrogens (tertiary/aromatic N) is 1. The molecule has 0 aromatic heterocycles. The molecule has 1 aliphatic heterocycles. The summed E-state index contributed by atoms with van der Waals surface area (Å²) in [5.74, 6) is -0.323. The van der Waals surface area contributed by atoms with Crippen LogP contribution in [-0.2, 0) is 0 Å². The van der Waals surface area contributed by atoms with Crippen LogP contribution in [0.1, 0.15) is 19.4 Å².